The highest BCUT2D eigenvalue weighted by molar-refractivity contribution is 7.18. The van der Waals surface area contributed by atoms with E-state index < -0.39 is 0 Å². The summed E-state index contributed by atoms with van der Waals surface area (Å²) in [4.78, 5) is 31.1. The Morgan fingerprint density at radius 3 is 2.93 bits per heavy atom. The first-order valence-electron chi connectivity index (χ1n) is 8.90. The van der Waals surface area contributed by atoms with Crippen LogP contribution in [0.15, 0.2) is 16.4 Å². The Balaban J connectivity index is 1.63. The monoisotopic (exact) mass is 403 g/mol. The lowest BCUT2D eigenvalue weighted by molar-refractivity contribution is -0.117. The van der Waals surface area contributed by atoms with Crippen LogP contribution >= 0.6 is 22.7 Å². The molecule has 142 valence electrons. The Kier molecular flexibility index (Phi) is 4.59. The number of anilines is 1. The number of aromatic nitrogens is 4. The van der Waals surface area contributed by atoms with E-state index in [9.17, 15) is 9.59 Å². The average molecular weight is 404 g/mol. The Morgan fingerprint density at radius 2 is 2.22 bits per heavy atom. The fourth-order valence-corrected chi connectivity index (χ4v) is 5.33. The van der Waals surface area contributed by atoms with Crippen molar-refractivity contribution in [2.75, 3.05) is 5.32 Å². The molecule has 1 aliphatic rings. The fraction of sp³-hybridized carbons (Fsp3) is 0.500. The highest BCUT2D eigenvalue weighted by atomic mass is 32.1. The summed E-state index contributed by atoms with van der Waals surface area (Å²) in [6, 6.07) is 0. The second kappa shape index (κ2) is 6.79. The highest BCUT2D eigenvalue weighted by Crippen LogP contribution is 2.41. The first-order valence-corrected chi connectivity index (χ1v) is 10.6. The van der Waals surface area contributed by atoms with Crippen molar-refractivity contribution >= 4 is 43.9 Å². The van der Waals surface area contributed by atoms with Crippen LogP contribution in [0.2, 0.25) is 0 Å². The molecular weight excluding hydrogens is 382 g/mol. The number of thiophene rings is 1. The Hall–Kier alpha value is -2.13. The van der Waals surface area contributed by atoms with Gasteiger partial charge in [-0.3, -0.25) is 9.59 Å². The van der Waals surface area contributed by atoms with Gasteiger partial charge in [0.1, 0.15) is 6.54 Å². The first kappa shape index (κ1) is 18.2. The van der Waals surface area contributed by atoms with Gasteiger partial charge in [0, 0.05) is 16.5 Å². The third kappa shape index (κ3) is 3.53. The van der Waals surface area contributed by atoms with Gasteiger partial charge in [-0.2, -0.15) is 0 Å². The lowest BCUT2D eigenvalue weighted by Gasteiger charge is -2.33. The van der Waals surface area contributed by atoms with Crippen molar-refractivity contribution in [1.82, 2.24) is 20.0 Å². The van der Waals surface area contributed by atoms with E-state index in [4.69, 9.17) is 0 Å². The van der Waals surface area contributed by atoms with Gasteiger partial charge >= 0.3 is 0 Å². The molecule has 0 aliphatic heterocycles. The van der Waals surface area contributed by atoms with Crippen LogP contribution in [0.5, 0.6) is 0 Å². The number of carbonyl (C=O) groups is 1. The molecule has 0 unspecified atom stereocenters. The predicted molar refractivity (Wildman–Crippen MR) is 107 cm³/mol. The predicted octanol–water partition coefficient (Wildman–Crippen LogP) is 3.10. The quantitative estimate of drug-likeness (QED) is 0.726. The zero-order chi connectivity index (χ0) is 19.2. The molecule has 1 N–H and O–H groups in total. The van der Waals surface area contributed by atoms with Gasteiger partial charge in [-0.15, -0.1) is 27.8 Å². The molecule has 1 aliphatic carbocycles. The summed E-state index contributed by atoms with van der Waals surface area (Å²) in [5.41, 5.74) is 1.11. The third-order valence-corrected chi connectivity index (χ3v) is 6.96. The number of aryl methyl sites for hydroxylation is 1. The molecule has 3 aromatic heterocycles. The summed E-state index contributed by atoms with van der Waals surface area (Å²) in [5, 5.41) is 13.8. The number of nitrogens with zero attached hydrogens (tertiary/aromatic N) is 4. The first-order chi connectivity index (χ1) is 12.8. The smallest absolute Gasteiger partial charge is 0.279 e. The van der Waals surface area contributed by atoms with Crippen LogP contribution in [0.1, 0.15) is 37.6 Å². The van der Waals surface area contributed by atoms with Crippen molar-refractivity contribution in [3.05, 3.63) is 32.4 Å². The largest absolute Gasteiger partial charge is 0.300 e. The van der Waals surface area contributed by atoms with Gasteiger partial charge in [0.25, 0.3) is 5.56 Å². The number of nitrogens with one attached hydrogen (secondary N) is 1. The number of rotatable bonds is 3. The molecule has 27 heavy (non-hydrogen) atoms. The minimum absolute atomic E-state index is 0.170. The molecule has 3 aromatic rings. The van der Waals surface area contributed by atoms with Crippen LogP contribution < -0.4 is 10.9 Å². The summed E-state index contributed by atoms with van der Waals surface area (Å²) in [7, 11) is 0. The van der Waals surface area contributed by atoms with Crippen LogP contribution in [-0.2, 0) is 24.2 Å². The topological polar surface area (TPSA) is 89.8 Å². The number of amides is 1. The second-order valence-electron chi connectivity index (χ2n) is 7.93. The summed E-state index contributed by atoms with van der Waals surface area (Å²) in [5.74, 6) is 0.259. The van der Waals surface area contributed by atoms with Crippen molar-refractivity contribution in [3.8, 4) is 0 Å². The van der Waals surface area contributed by atoms with E-state index >= 15 is 0 Å². The standard InChI is InChI=1S/C18H21N5O2S2/c1-18(2,3)10-4-5-11-12(8-10)27-15-14(11)16(25)23(22-21-15)9-13(24)20-17-19-6-7-26-17/h6-7,10H,4-5,8-9H2,1-3H3,(H,19,20,24)/t10-/m0/s1. The maximum atomic E-state index is 13.0. The van der Waals surface area contributed by atoms with Crippen LogP contribution in [0.25, 0.3) is 10.2 Å². The van der Waals surface area contributed by atoms with Gasteiger partial charge in [-0.1, -0.05) is 26.0 Å². The molecule has 3 heterocycles. The molecule has 0 spiro atoms. The van der Waals surface area contributed by atoms with E-state index in [0.29, 0.717) is 21.3 Å². The molecule has 0 radical (unpaired) electrons. The van der Waals surface area contributed by atoms with E-state index in [1.54, 1.807) is 22.9 Å². The van der Waals surface area contributed by atoms with Gasteiger partial charge in [0.2, 0.25) is 5.91 Å². The number of fused-ring (bicyclic) bond motifs is 3. The number of hydrogen-bond donors (Lipinski definition) is 1. The molecule has 1 atom stereocenters. The van der Waals surface area contributed by atoms with Gasteiger partial charge in [0.15, 0.2) is 9.96 Å². The molecule has 0 fully saturated rings. The van der Waals surface area contributed by atoms with E-state index in [-0.39, 0.29) is 23.4 Å². The zero-order valence-electron chi connectivity index (χ0n) is 15.5. The normalized spacial score (nSPS) is 17.1. The molecule has 0 aromatic carbocycles. The Morgan fingerprint density at radius 1 is 1.41 bits per heavy atom. The Labute approximate surface area is 164 Å². The molecule has 9 heteroatoms. The van der Waals surface area contributed by atoms with Crippen molar-refractivity contribution in [2.45, 2.75) is 46.6 Å². The molecular formula is C18H21N5O2S2. The van der Waals surface area contributed by atoms with Crippen LogP contribution in [-0.4, -0.2) is 25.9 Å². The van der Waals surface area contributed by atoms with Gasteiger partial charge in [0.05, 0.1) is 5.39 Å². The molecule has 4 rings (SSSR count). The number of thiazole rings is 1. The molecule has 0 bridgehead atoms. The molecule has 7 nitrogen and oxygen atoms in total. The minimum atomic E-state index is -0.336. The fourth-order valence-electron chi connectivity index (χ4n) is 3.55. The van der Waals surface area contributed by atoms with Gasteiger partial charge in [-0.05, 0) is 36.2 Å². The maximum Gasteiger partial charge on any atom is 0.279 e. The van der Waals surface area contributed by atoms with Crippen LogP contribution in [0.3, 0.4) is 0 Å². The van der Waals surface area contributed by atoms with E-state index in [1.807, 2.05) is 0 Å². The minimum Gasteiger partial charge on any atom is -0.300 e. The summed E-state index contributed by atoms with van der Waals surface area (Å²) >= 11 is 2.90. The summed E-state index contributed by atoms with van der Waals surface area (Å²) in [6.45, 7) is 6.63. The molecule has 1 amide bonds. The zero-order valence-corrected chi connectivity index (χ0v) is 17.1. The van der Waals surface area contributed by atoms with E-state index in [2.05, 4.69) is 41.4 Å². The van der Waals surface area contributed by atoms with Crippen molar-refractivity contribution < 1.29 is 4.79 Å². The SMILES string of the molecule is CC(C)(C)[C@H]1CCc2c(sc3nnn(CC(=O)Nc4nccs4)c(=O)c23)C1. The van der Waals surface area contributed by atoms with Crippen LogP contribution in [0.4, 0.5) is 5.13 Å². The van der Waals surface area contributed by atoms with E-state index in [0.717, 1.165) is 29.5 Å². The van der Waals surface area contributed by atoms with Crippen molar-refractivity contribution in [3.63, 3.8) is 0 Å². The van der Waals surface area contributed by atoms with Gasteiger partial charge in [-0.25, -0.2) is 9.67 Å². The second-order valence-corrected chi connectivity index (χ2v) is 9.91. The maximum absolute atomic E-state index is 13.0. The van der Waals surface area contributed by atoms with Crippen LogP contribution in [0, 0.1) is 11.3 Å². The van der Waals surface area contributed by atoms with Crippen molar-refractivity contribution in [2.24, 2.45) is 11.3 Å². The summed E-state index contributed by atoms with van der Waals surface area (Å²) in [6.07, 6.45) is 4.53. The molecule has 0 saturated heterocycles. The average Bonchev–Trinajstić information content (AvgIpc) is 3.23. The highest BCUT2D eigenvalue weighted by Gasteiger charge is 2.32. The van der Waals surface area contributed by atoms with Crippen molar-refractivity contribution in [1.29, 1.82) is 0 Å². The Bertz CT molecular complexity index is 1050. The number of hydrogen-bond acceptors (Lipinski definition) is 7. The van der Waals surface area contributed by atoms with Gasteiger partial charge < -0.3 is 5.32 Å². The lowest BCUT2D eigenvalue weighted by Crippen LogP contribution is -2.31. The van der Waals surface area contributed by atoms with E-state index in [1.165, 1.54) is 16.2 Å². The molecule has 0 saturated carbocycles. The number of carbonyl (C=O) groups excluding carboxylic acids is 1. The third-order valence-electron chi connectivity index (χ3n) is 5.14. The lowest BCUT2D eigenvalue weighted by atomic mass is 9.72. The summed E-state index contributed by atoms with van der Waals surface area (Å²) < 4.78 is 1.15.